The predicted octanol–water partition coefficient (Wildman–Crippen LogP) is 3.18. The van der Waals surface area contributed by atoms with E-state index in [1.54, 1.807) is 6.92 Å². The van der Waals surface area contributed by atoms with E-state index >= 15 is 0 Å². The number of carbonyl (C=O) groups excluding carboxylic acids is 2. The normalized spacial score (nSPS) is 23.6. The highest BCUT2D eigenvalue weighted by Gasteiger charge is 2.54. The summed E-state index contributed by atoms with van der Waals surface area (Å²) in [5.41, 5.74) is -0.236. The fourth-order valence-electron chi connectivity index (χ4n) is 4.29. The molecule has 1 fully saturated rings. The van der Waals surface area contributed by atoms with Crippen molar-refractivity contribution < 1.29 is 9.59 Å². The van der Waals surface area contributed by atoms with Gasteiger partial charge in [0.15, 0.2) is 0 Å². The molecule has 1 aliphatic rings. The van der Waals surface area contributed by atoms with Gasteiger partial charge < -0.3 is 4.90 Å². The highest BCUT2D eigenvalue weighted by atomic mass is 28.4. The summed E-state index contributed by atoms with van der Waals surface area (Å²) in [6.07, 6.45) is 0. The molecule has 116 valence electrons. The molecule has 0 aromatic rings. The molecule has 0 spiro atoms. The number of likely N-dealkylation sites (tertiary alicyclic amines) is 1. The first-order chi connectivity index (χ1) is 8.69. The van der Waals surface area contributed by atoms with Gasteiger partial charge in [0.05, 0.1) is 16.1 Å². The summed E-state index contributed by atoms with van der Waals surface area (Å²) in [5.74, 6) is -0.345. The third kappa shape index (κ3) is 3.24. The zero-order valence-electron chi connectivity index (χ0n) is 14.6. The Balaban J connectivity index is 3.26. The quantitative estimate of drug-likeness (QED) is 0.590. The zero-order chi connectivity index (χ0) is 16.1. The number of nitrogens with zero attached hydrogens (tertiary/aromatic N) is 1. The average molecular weight is 314 g/mol. The van der Waals surface area contributed by atoms with E-state index in [2.05, 4.69) is 58.0 Å². The molecular formula is C15H31NO2Si2. The Bertz CT molecular complexity index is 405. The van der Waals surface area contributed by atoms with Crippen molar-refractivity contribution >= 4 is 27.8 Å². The lowest BCUT2D eigenvalue weighted by molar-refractivity contribution is -0.137. The van der Waals surface area contributed by atoms with Gasteiger partial charge in [0.1, 0.15) is 11.7 Å². The fraction of sp³-hybridized carbons (Fsp3) is 0.867. The van der Waals surface area contributed by atoms with Gasteiger partial charge in [-0.2, -0.15) is 0 Å². The maximum Gasteiger partial charge on any atom is 0.233 e. The molecule has 1 aliphatic heterocycles. The molecule has 0 radical (unpaired) electrons. The van der Waals surface area contributed by atoms with E-state index in [0.29, 0.717) is 5.29 Å². The van der Waals surface area contributed by atoms with Crippen LogP contribution >= 0.6 is 0 Å². The summed E-state index contributed by atoms with van der Waals surface area (Å²) in [4.78, 5) is 26.8. The SMILES string of the molecule is CC(=O)C1C(=O)N(C([Si](C)(C)C)[Si](C)(C)C)CC1(C)C. The Morgan fingerprint density at radius 1 is 1.15 bits per heavy atom. The lowest BCUT2D eigenvalue weighted by Crippen LogP contribution is -2.64. The smallest absolute Gasteiger partial charge is 0.233 e. The monoisotopic (exact) mass is 313 g/mol. The lowest BCUT2D eigenvalue weighted by atomic mass is 9.79. The molecule has 1 unspecified atom stereocenters. The summed E-state index contributed by atoms with van der Waals surface area (Å²) in [6, 6.07) is 0. The van der Waals surface area contributed by atoms with Gasteiger partial charge in [0.25, 0.3) is 0 Å². The second-order valence-corrected chi connectivity index (χ2v) is 20.3. The molecule has 1 rings (SSSR count). The van der Waals surface area contributed by atoms with Crippen molar-refractivity contribution in [2.75, 3.05) is 6.54 Å². The van der Waals surface area contributed by atoms with Crippen LogP contribution in [0.25, 0.3) is 0 Å². The van der Waals surface area contributed by atoms with Gasteiger partial charge in [-0.1, -0.05) is 53.1 Å². The Kier molecular flexibility index (Phi) is 4.48. The minimum Gasteiger partial charge on any atom is -0.344 e. The van der Waals surface area contributed by atoms with Crippen LogP contribution in [0.2, 0.25) is 39.3 Å². The minimum atomic E-state index is -1.50. The van der Waals surface area contributed by atoms with Gasteiger partial charge in [0.2, 0.25) is 5.91 Å². The van der Waals surface area contributed by atoms with Crippen molar-refractivity contribution in [1.29, 1.82) is 0 Å². The number of hydrogen-bond donors (Lipinski definition) is 0. The third-order valence-electron chi connectivity index (χ3n) is 4.25. The number of amides is 1. The van der Waals surface area contributed by atoms with Gasteiger partial charge in [0, 0.05) is 17.2 Å². The lowest BCUT2D eigenvalue weighted by Gasteiger charge is -2.45. The largest absolute Gasteiger partial charge is 0.344 e. The van der Waals surface area contributed by atoms with Gasteiger partial charge in [-0.3, -0.25) is 9.59 Å². The van der Waals surface area contributed by atoms with Gasteiger partial charge in [-0.15, -0.1) is 0 Å². The zero-order valence-corrected chi connectivity index (χ0v) is 16.6. The summed E-state index contributed by atoms with van der Waals surface area (Å²) in [6.45, 7) is 20.5. The highest BCUT2D eigenvalue weighted by molar-refractivity contribution is 6.96. The number of Topliss-reactive ketones (excluding diaryl/α,β-unsaturated/α-hetero) is 1. The van der Waals surface area contributed by atoms with Crippen LogP contribution in [0.5, 0.6) is 0 Å². The first kappa shape index (κ1) is 17.6. The highest BCUT2D eigenvalue weighted by Crippen LogP contribution is 2.40. The van der Waals surface area contributed by atoms with E-state index in [0.717, 1.165) is 6.54 Å². The number of carbonyl (C=O) groups is 2. The molecular weight excluding hydrogens is 282 g/mol. The molecule has 1 heterocycles. The molecule has 0 aromatic carbocycles. The molecule has 3 nitrogen and oxygen atoms in total. The van der Waals surface area contributed by atoms with E-state index in [-0.39, 0.29) is 17.1 Å². The van der Waals surface area contributed by atoms with Gasteiger partial charge in [-0.25, -0.2) is 0 Å². The Hall–Kier alpha value is -0.426. The topological polar surface area (TPSA) is 37.4 Å². The molecule has 1 saturated heterocycles. The molecule has 0 aliphatic carbocycles. The number of rotatable bonds is 4. The van der Waals surface area contributed by atoms with E-state index < -0.39 is 22.1 Å². The molecule has 1 amide bonds. The summed E-state index contributed by atoms with van der Waals surface area (Å²) in [7, 11) is -3.00. The van der Waals surface area contributed by atoms with E-state index in [1.165, 1.54) is 0 Å². The van der Waals surface area contributed by atoms with Crippen LogP contribution in [0.15, 0.2) is 0 Å². The molecule has 0 bridgehead atoms. The Morgan fingerprint density at radius 3 is 1.80 bits per heavy atom. The van der Waals surface area contributed by atoms with E-state index in [9.17, 15) is 9.59 Å². The maximum absolute atomic E-state index is 12.8. The maximum atomic E-state index is 12.8. The predicted molar refractivity (Wildman–Crippen MR) is 90.1 cm³/mol. The summed E-state index contributed by atoms with van der Waals surface area (Å²) >= 11 is 0. The molecule has 0 N–H and O–H groups in total. The van der Waals surface area contributed by atoms with Crippen molar-refractivity contribution in [3.05, 3.63) is 0 Å². The minimum absolute atomic E-state index is 0.0207. The third-order valence-corrected chi connectivity index (χ3v) is 13.3. The van der Waals surface area contributed by atoms with Crippen molar-refractivity contribution in [3.63, 3.8) is 0 Å². The van der Waals surface area contributed by atoms with Crippen molar-refractivity contribution in [2.24, 2.45) is 11.3 Å². The van der Waals surface area contributed by atoms with Crippen LogP contribution < -0.4 is 0 Å². The van der Waals surface area contributed by atoms with Gasteiger partial charge >= 0.3 is 0 Å². The Labute approximate surface area is 126 Å². The van der Waals surface area contributed by atoms with Crippen molar-refractivity contribution in [3.8, 4) is 0 Å². The molecule has 20 heavy (non-hydrogen) atoms. The second-order valence-electron chi connectivity index (χ2n) is 9.13. The van der Waals surface area contributed by atoms with Crippen LogP contribution in [0.3, 0.4) is 0 Å². The van der Waals surface area contributed by atoms with Crippen molar-refractivity contribution in [1.82, 2.24) is 4.90 Å². The standard InChI is InChI=1S/C15H31NO2Si2/c1-11(17)12-13(18)16(10-15(12,2)3)14(19(4,5)6)20(7,8)9/h12,14H,10H2,1-9H3. The molecule has 0 aromatic heterocycles. The average Bonchev–Trinajstić information content (AvgIpc) is 2.30. The Morgan fingerprint density at radius 2 is 1.55 bits per heavy atom. The van der Waals surface area contributed by atoms with Crippen LogP contribution in [0, 0.1) is 11.3 Å². The van der Waals surface area contributed by atoms with Crippen LogP contribution in [-0.4, -0.2) is 44.6 Å². The summed E-state index contributed by atoms with van der Waals surface area (Å²) < 4.78 is 0. The van der Waals surface area contributed by atoms with Crippen LogP contribution in [-0.2, 0) is 9.59 Å². The molecule has 0 saturated carbocycles. The van der Waals surface area contributed by atoms with E-state index in [4.69, 9.17) is 0 Å². The first-order valence-corrected chi connectivity index (χ1v) is 14.7. The van der Waals surface area contributed by atoms with E-state index in [1.807, 2.05) is 0 Å². The van der Waals surface area contributed by atoms with Crippen LogP contribution in [0.1, 0.15) is 20.8 Å². The number of ketones is 1. The fourth-order valence-corrected chi connectivity index (χ4v) is 17.0. The molecule has 5 heteroatoms. The van der Waals surface area contributed by atoms with Crippen molar-refractivity contribution in [2.45, 2.75) is 65.3 Å². The number of hydrogen-bond acceptors (Lipinski definition) is 2. The molecule has 1 atom stereocenters. The van der Waals surface area contributed by atoms with Crippen LogP contribution in [0.4, 0.5) is 0 Å². The van der Waals surface area contributed by atoms with Gasteiger partial charge in [-0.05, 0) is 6.92 Å². The second kappa shape index (κ2) is 5.09. The summed E-state index contributed by atoms with van der Waals surface area (Å²) in [5, 5.41) is 0.395. The first-order valence-electron chi connectivity index (χ1n) is 7.50.